The third-order valence-corrected chi connectivity index (χ3v) is 2.42. The third-order valence-electron chi connectivity index (χ3n) is 2.19. The molecule has 0 saturated carbocycles. The average molecular weight is 229 g/mol. The van der Waals surface area contributed by atoms with E-state index in [1.165, 1.54) is 17.2 Å². The molecule has 82 valence electrons. The first-order chi connectivity index (χ1) is 7.06. The zero-order chi connectivity index (χ0) is 11.4. The Morgan fingerprint density at radius 3 is 2.93 bits per heavy atom. The van der Waals surface area contributed by atoms with Crippen LogP contribution >= 0.6 is 11.6 Å². The van der Waals surface area contributed by atoms with Crippen LogP contribution < -0.4 is 0 Å². The molecule has 0 spiro atoms. The maximum Gasteiger partial charge on any atom is 0.272 e. The van der Waals surface area contributed by atoms with Crippen LogP contribution in [-0.2, 0) is 0 Å². The number of pyridine rings is 1. The lowest BCUT2D eigenvalue weighted by Gasteiger charge is -2.22. The third kappa shape index (κ3) is 2.91. The van der Waals surface area contributed by atoms with Gasteiger partial charge in [-0.15, -0.1) is 0 Å². The summed E-state index contributed by atoms with van der Waals surface area (Å²) in [6, 6.07) is 2.87. The van der Waals surface area contributed by atoms with Crippen molar-refractivity contribution >= 4 is 17.5 Å². The smallest absolute Gasteiger partial charge is 0.272 e. The number of hydrogen-bond acceptors (Lipinski definition) is 3. The van der Waals surface area contributed by atoms with Crippen LogP contribution in [0, 0.1) is 0 Å². The Morgan fingerprint density at radius 1 is 1.73 bits per heavy atom. The molecule has 0 aliphatic heterocycles. The molecule has 0 radical (unpaired) electrons. The summed E-state index contributed by atoms with van der Waals surface area (Å²) in [5.41, 5.74) is 0.283. The molecule has 0 aromatic carbocycles. The number of carbonyl (C=O) groups excluding carboxylic acids is 1. The Labute approximate surface area is 93.5 Å². The van der Waals surface area contributed by atoms with Gasteiger partial charge in [0.25, 0.3) is 5.91 Å². The zero-order valence-electron chi connectivity index (χ0n) is 8.64. The van der Waals surface area contributed by atoms with Crippen molar-refractivity contribution in [1.29, 1.82) is 0 Å². The Kier molecular flexibility index (Phi) is 4.05. The van der Waals surface area contributed by atoms with Crippen LogP contribution in [0.5, 0.6) is 0 Å². The molecule has 1 aromatic heterocycles. The highest BCUT2D eigenvalue weighted by Crippen LogP contribution is 2.10. The molecule has 0 fully saturated rings. The Balaban J connectivity index is 2.85. The summed E-state index contributed by atoms with van der Waals surface area (Å²) in [7, 11) is 1.62. The normalized spacial score (nSPS) is 12.3. The first-order valence-electron chi connectivity index (χ1n) is 4.56. The highest BCUT2D eigenvalue weighted by molar-refractivity contribution is 6.30. The number of aliphatic hydroxyl groups excluding tert-OH is 1. The zero-order valence-corrected chi connectivity index (χ0v) is 9.40. The van der Waals surface area contributed by atoms with Gasteiger partial charge in [-0.3, -0.25) is 9.78 Å². The molecule has 0 saturated heterocycles. The molecular formula is C10H13ClN2O2. The van der Waals surface area contributed by atoms with E-state index >= 15 is 0 Å². The lowest BCUT2D eigenvalue weighted by Crippen LogP contribution is -2.37. The Bertz CT molecular complexity index is 357. The number of carbonyl (C=O) groups is 1. The molecule has 5 heteroatoms. The van der Waals surface area contributed by atoms with E-state index in [0.717, 1.165) is 0 Å². The maximum atomic E-state index is 11.8. The van der Waals surface area contributed by atoms with Crippen molar-refractivity contribution in [2.24, 2.45) is 0 Å². The largest absolute Gasteiger partial charge is 0.394 e. The van der Waals surface area contributed by atoms with Gasteiger partial charge >= 0.3 is 0 Å². The lowest BCUT2D eigenvalue weighted by atomic mass is 10.2. The highest BCUT2D eigenvalue weighted by atomic mass is 35.5. The fourth-order valence-corrected chi connectivity index (χ4v) is 1.18. The predicted octanol–water partition coefficient (Wildman–Crippen LogP) is 1.19. The second kappa shape index (κ2) is 5.09. The summed E-state index contributed by atoms with van der Waals surface area (Å²) < 4.78 is 0. The van der Waals surface area contributed by atoms with Crippen LogP contribution in [0.25, 0.3) is 0 Å². The quantitative estimate of drug-likeness (QED) is 0.846. The van der Waals surface area contributed by atoms with Gasteiger partial charge in [-0.05, 0) is 19.1 Å². The molecule has 0 aliphatic carbocycles. The molecule has 4 nitrogen and oxygen atoms in total. The molecule has 1 N–H and O–H groups in total. The van der Waals surface area contributed by atoms with Gasteiger partial charge in [-0.25, -0.2) is 0 Å². The summed E-state index contributed by atoms with van der Waals surface area (Å²) in [4.78, 5) is 17.1. The Morgan fingerprint density at radius 2 is 2.40 bits per heavy atom. The topological polar surface area (TPSA) is 53.4 Å². The van der Waals surface area contributed by atoms with Gasteiger partial charge in [0, 0.05) is 18.3 Å². The van der Waals surface area contributed by atoms with Gasteiger partial charge in [-0.1, -0.05) is 11.6 Å². The maximum absolute atomic E-state index is 11.8. The SMILES string of the molecule is CC(CO)N(C)C(=O)c1cc(Cl)ccn1. The fourth-order valence-electron chi connectivity index (χ4n) is 1.03. The number of halogens is 1. The summed E-state index contributed by atoms with van der Waals surface area (Å²) in [6.45, 7) is 1.67. The van der Waals surface area contributed by atoms with Gasteiger partial charge in [0.15, 0.2) is 0 Å². The van der Waals surface area contributed by atoms with Gasteiger partial charge < -0.3 is 10.0 Å². The Hall–Kier alpha value is -1.13. The van der Waals surface area contributed by atoms with Crippen molar-refractivity contribution in [3.63, 3.8) is 0 Å². The molecule has 1 rings (SSSR count). The number of likely N-dealkylation sites (N-methyl/N-ethyl adjacent to an activating group) is 1. The van der Waals surface area contributed by atoms with E-state index in [2.05, 4.69) is 4.98 Å². The summed E-state index contributed by atoms with van der Waals surface area (Å²) in [5, 5.41) is 9.39. The van der Waals surface area contributed by atoms with Crippen molar-refractivity contribution in [2.75, 3.05) is 13.7 Å². The molecule has 1 atom stereocenters. The van der Waals surface area contributed by atoms with Crippen LogP contribution in [0.1, 0.15) is 17.4 Å². The van der Waals surface area contributed by atoms with Crippen molar-refractivity contribution in [1.82, 2.24) is 9.88 Å². The lowest BCUT2D eigenvalue weighted by molar-refractivity contribution is 0.0676. The van der Waals surface area contributed by atoms with Crippen molar-refractivity contribution in [2.45, 2.75) is 13.0 Å². The van der Waals surface area contributed by atoms with Gasteiger partial charge in [0.1, 0.15) is 5.69 Å². The van der Waals surface area contributed by atoms with Gasteiger partial charge in [0.05, 0.1) is 12.6 Å². The van der Waals surface area contributed by atoms with E-state index in [0.29, 0.717) is 5.02 Å². The van der Waals surface area contributed by atoms with E-state index in [-0.39, 0.29) is 24.2 Å². The molecule has 1 unspecified atom stereocenters. The number of aromatic nitrogens is 1. The minimum absolute atomic E-state index is 0.0805. The molecule has 1 aromatic rings. The van der Waals surface area contributed by atoms with Crippen LogP contribution in [-0.4, -0.2) is 40.6 Å². The van der Waals surface area contributed by atoms with Gasteiger partial charge in [-0.2, -0.15) is 0 Å². The molecular weight excluding hydrogens is 216 g/mol. The van der Waals surface area contributed by atoms with E-state index in [4.69, 9.17) is 16.7 Å². The monoisotopic (exact) mass is 228 g/mol. The van der Waals surface area contributed by atoms with E-state index in [1.54, 1.807) is 20.0 Å². The summed E-state index contributed by atoms with van der Waals surface area (Å²) >= 11 is 5.75. The van der Waals surface area contributed by atoms with Crippen LogP contribution in [0.3, 0.4) is 0 Å². The van der Waals surface area contributed by atoms with Crippen LogP contribution in [0.2, 0.25) is 5.02 Å². The first kappa shape index (κ1) is 11.9. The van der Waals surface area contributed by atoms with Crippen molar-refractivity contribution < 1.29 is 9.90 Å². The second-order valence-corrected chi connectivity index (χ2v) is 3.74. The number of nitrogens with zero attached hydrogens (tertiary/aromatic N) is 2. The standard InChI is InChI=1S/C10H13ClN2O2/c1-7(6-14)13(2)10(15)9-5-8(11)3-4-12-9/h3-5,7,14H,6H2,1-2H3. The molecule has 0 aliphatic rings. The van der Waals surface area contributed by atoms with Crippen molar-refractivity contribution in [3.8, 4) is 0 Å². The van der Waals surface area contributed by atoms with E-state index < -0.39 is 0 Å². The number of rotatable bonds is 3. The van der Waals surface area contributed by atoms with Crippen LogP contribution in [0.4, 0.5) is 0 Å². The molecule has 1 heterocycles. The summed E-state index contributed by atoms with van der Waals surface area (Å²) in [6.07, 6.45) is 1.48. The molecule has 1 amide bonds. The van der Waals surface area contributed by atoms with Crippen molar-refractivity contribution in [3.05, 3.63) is 29.0 Å². The first-order valence-corrected chi connectivity index (χ1v) is 4.93. The number of hydrogen-bond donors (Lipinski definition) is 1. The van der Waals surface area contributed by atoms with Crippen LogP contribution in [0.15, 0.2) is 18.3 Å². The average Bonchev–Trinajstić information content (AvgIpc) is 2.26. The fraction of sp³-hybridized carbons (Fsp3) is 0.400. The highest BCUT2D eigenvalue weighted by Gasteiger charge is 2.17. The second-order valence-electron chi connectivity index (χ2n) is 3.31. The molecule has 15 heavy (non-hydrogen) atoms. The van der Waals surface area contributed by atoms with E-state index in [9.17, 15) is 4.79 Å². The van der Waals surface area contributed by atoms with E-state index in [1.807, 2.05) is 0 Å². The number of amides is 1. The minimum atomic E-state index is -0.251. The minimum Gasteiger partial charge on any atom is -0.394 e. The predicted molar refractivity (Wildman–Crippen MR) is 57.9 cm³/mol. The number of aliphatic hydroxyl groups is 1. The van der Waals surface area contributed by atoms with Gasteiger partial charge in [0.2, 0.25) is 0 Å². The summed E-state index contributed by atoms with van der Waals surface area (Å²) in [5.74, 6) is -0.251. The molecule has 0 bridgehead atoms.